The van der Waals surface area contributed by atoms with E-state index in [1.807, 2.05) is 17.8 Å². The zero-order valence-electron chi connectivity index (χ0n) is 34.7. The highest BCUT2D eigenvalue weighted by Gasteiger charge is 2.26. The number of anilines is 6. The molecule has 0 atom stereocenters. The van der Waals surface area contributed by atoms with Crippen molar-refractivity contribution in [1.29, 1.82) is 0 Å². The molecule has 0 unspecified atom stereocenters. The van der Waals surface area contributed by atoms with Gasteiger partial charge >= 0.3 is 0 Å². The van der Waals surface area contributed by atoms with Crippen LogP contribution in [0.15, 0.2) is 245 Å². The van der Waals surface area contributed by atoms with Gasteiger partial charge in [-0.15, -0.1) is 0 Å². The largest absolute Gasteiger partial charge is 0.454 e. The highest BCUT2D eigenvalue weighted by Crippen LogP contribution is 2.53. The molecule has 64 heavy (non-hydrogen) atoms. The number of nitrogens with zero attached hydrogens (tertiary/aromatic N) is 2. The molecule has 0 saturated carbocycles. The highest BCUT2D eigenvalue weighted by atomic mass is 32.2. The fraction of sp³-hybridized carbons (Fsp3) is 0. The van der Waals surface area contributed by atoms with Crippen molar-refractivity contribution in [3.05, 3.63) is 231 Å². The van der Waals surface area contributed by atoms with Crippen LogP contribution in [0.25, 0.3) is 76.5 Å². The number of benzene rings is 11. The Hall–Kier alpha value is -8.05. The number of furan rings is 1. The van der Waals surface area contributed by atoms with Crippen LogP contribution in [0.1, 0.15) is 0 Å². The minimum atomic E-state index is 0.863. The fourth-order valence-corrected chi connectivity index (χ4v) is 11.0. The summed E-state index contributed by atoms with van der Waals surface area (Å²) in [5, 5.41) is 9.62. The Balaban J connectivity index is 0.982. The first-order valence-corrected chi connectivity index (χ1v) is 22.6. The third-order valence-electron chi connectivity index (χ3n) is 12.8. The molecule has 2 heterocycles. The van der Waals surface area contributed by atoms with Gasteiger partial charge in [-0.05, 0) is 122 Å². The van der Waals surface area contributed by atoms with Gasteiger partial charge in [0.15, 0.2) is 5.58 Å². The Labute approximate surface area is 375 Å². The normalized spacial score (nSPS) is 12.0. The van der Waals surface area contributed by atoms with Gasteiger partial charge in [0.25, 0.3) is 0 Å². The average Bonchev–Trinajstić information content (AvgIpc) is 3.75. The van der Waals surface area contributed by atoms with E-state index in [1.54, 1.807) is 0 Å². The second kappa shape index (κ2) is 14.8. The minimum absolute atomic E-state index is 0.863. The highest BCUT2D eigenvalue weighted by molar-refractivity contribution is 7.99. The van der Waals surface area contributed by atoms with E-state index in [0.717, 1.165) is 67.2 Å². The van der Waals surface area contributed by atoms with E-state index < -0.39 is 0 Å². The first kappa shape index (κ1) is 36.6. The van der Waals surface area contributed by atoms with E-state index in [-0.39, 0.29) is 0 Å². The summed E-state index contributed by atoms with van der Waals surface area (Å²) in [7, 11) is 0. The lowest BCUT2D eigenvalue weighted by Gasteiger charge is -2.29. The van der Waals surface area contributed by atoms with Crippen molar-refractivity contribution in [2.45, 2.75) is 9.79 Å². The van der Waals surface area contributed by atoms with Crippen molar-refractivity contribution in [3.63, 3.8) is 0 Å². The van der Waals surface area contributed by atoms with E-state index in [4.69, 9.17) is 4.42 Å². The van der Waals surface area contributed by atoms with Gasteiger partial charge < -0.3 is 14.2 Å². The molecular weight excluding hydrogens is 797 g/mol. The molecule has 4 heteroatoms. The molecule has 13 rings (SSSR count). The fourth-order valence-electron chi connectivity index (χ4n) is 9.86. The molecule has 1 aliphatic rings. The van der Waals surface area contributed by atoms with Gasteiger partial charge in [-0.2, -0.15) is 0 Å². The summed E-state index contributed by atoms with van der Waals surface area (Å²) in [6.07, 6.45) is 0. The van der Waals surface area contributed by atoms with Crippen LogP contribution >= 0.6 is 11.8 Å². The first-order chi connectivity index (χ1) is 31.7. The van der Waals surface area contributed by atoms with Gasteiger partial charge in [0, 0.05) is 54.3 Å². The lowest BCUT2D eigenvalue weighted by Crippen LogP contribution is -2.11. The number of hydrogen-bond donors (Lipinski definition) is 0. The maximum Gasteiger partial charge on any atom is 0.159 e. The lowest BCUT2D eigenvalue weighted by atomic mass is 9.92. The molecule has 0 saturated heterocycles. The second-order valence-corrected chi connectivity index (χ2v) is 17.5. The Morgan fingerprint density at radius 2 is 0.984 bits per heavy atom. The van der Waals surface area contributed by atoms with Crippen LogP contribution in [0.5, 0.6) is 0 Å². The third-order valence-corrected chi connectivity index (χ3v) is 13.9. The van der Waals surface area contributed by atoms with E-state index in [9.17, 15) is 0 Å². The summed E-state index contributed by atoms with van der Waals surface area (Å²) in [5.41, 5.74) is 13.1. The molecule has 0 spiro atoms. The predicted octanol–water partition coefficient (Wildman–Crippen LogP) is 17.8. The molecule has 0 radical (unpaired) electrons. The quantitative estimate of drug-likeness (QED) is 0.149. The van der Waals surface area contributed by atoms with Crippen molar-refractivity contribution < 1.29 is 4.42 Å². The van der Waals surface area contributed by atoms with E-state index in [2.05, 4.69) is 234 Å². The van der Waals surface area contributed by atoms with Gasteiger partial charge in [-0.3, -0.25) is 0 Å². The zero-order valence-corrected chi connectivity index (χ0v) is 35.5. The maximum absolute atomic E-state index is 6.74. The van der Waals surface area contributed by atoms with Crippen molar-refractivity contribution in [1.82, 2.24) is 0 Å². The molecule has 11 aromatic carbocycles. The van der Waals surface area contributed by atoms with Crippen LogP contribution in [0.3, 0.4) is 0 Å². The van der Waals surface area contributed by atoms with Gasteiger partial charge in [0.1, 0.15) is 5.58 Å². The van der Waals surface area contributed by atoms with Gasteiger partial charge in [0.2, 0.25) is 0 Å². The van der Waals surface area contributed by atoms with Crippen LogP contribution < -0.4 is 9.80 Å². The summed E-state index contributed by atoms with van der Waals surface area (Å²) in [4.78, 5) is 7.28. The molecule has 3 nitrogen and oxygen atoms in total. The molecular formula is C60H38N2OS. The predicted molar refractivity (Wildman–Crippen MR) is 271 cm³/mol. The molecule has 0 bridgehead atoms. The standard InChI is InChI=1S/C60H38N2OS/c1-3-16-40(17-4-1)47-21-9-11-25-54(47)62(55-26-13-24-51-48-22-10-12-27-56(48)63-60(51)55)45-32-30-42-36-53-49-34-33-46(38-58(49)64-57-28-14-23-50(59(53)57)52(42)37-45)61(43-19-5-2-6-20-43)44-31-29-39-15-7-8-18-41(39)35-44/h1-38H. The smallest absolute Gasteiger partial charge is 0.159 e. The maximum atomic E-state index is 6.74. The van der Waals surface area contributed by atoms with E-state index >= 15 is 0 Å². The summed E-state index contributed by atoms with van der Waals surface area (Å²) in [5.74, 6) is 0. The van der Waals surface area contributed by atoms with Crippen molar-refractivity contribution in [2.75, 3.05) is 9.80 Å². The molecule has 300 valence electrons. The van der Waals surface area contributed by atoms with Crippen LogP contribution in [-0.4, -0.2) is 0 Å². The summed E-state index contributed by atoms with van der Waals surface area (Å²) < 4.78 is 6.74. The van der Waals surface area contributed by atoms with Crippen LogP contribution in [0.4, 0.5) is 34.1 Å². The van der Waals surface area contributed by atoms with Gasteiger partial charge in [-0.25, -0.2) is 0 Å². The lowest BCUT2D eigenvalue weighted by molar-refractivity contribution is 0.669. The minimum Gasteiger partial charge on any atom is -0.454 e. The molecule has 0 aliphatic carbocycles. The zero-order chi connectivity index (χ0) is 42.1. The summed E-state index contributed by atoms with van der Waals surface area (Å²) >= 11 is 1.87. The second-order valence-electron chi connectivity index (χ2n) is 16.5. The molecule has 1 aliphatic heterocycles. The van der Waals surface area contributed by atoms with E-state index in [1.165, 1.54) is 53.2 Å². The number of hydrogen-bond acceptors (Lipinski definition) is 4. The van der Waals surface area contributed by atoms with E-state index in [0.29, 0.717) is 0 Å². The van der Waals surface area contributed by atoms with Crippen LogP contribution in [-0.2, 0) is 0 Å². The molecule has 0 fully saturated rings. The molecule has 12 aromatic rings. The Morgan fingerprint density at radius 1 is 0.328 bits per heavy atom. The van der Waals surface area contributed by atoms with Crippen molar-refractivity contribution in [2.24, 2.45) is 0 Å². The number of para-hydroxylation sites is 4. The monoisotopic (exact) mass is 834 g/mol. The third kappa shape index (κ3) is 5.91. The Kier molecular flexibility index (Phi) is 8.46. The van der Waals surface area contributed by atoms with Crippen LogP contribution in [0.2, 0.25) is 0 Å². The SMILES string of the molecule is c1ccc(-c2ccccc2N(c2ccc3cc4c5c(cccc5c3c2)Sc2cc(N(c3ccccc3)c3ccc5ccccc5c3)ccc2-4)c2cccc3c2oc2ccccc23)cc1. The average molecular weight is 835 g/mol. The Morgan fingerprint density at radius 3 is 1.88 bits per heavy atom. The summed E-state index contributed by atoms with van der Waals surface area (Å²) in [6, 6.07) is 83.4. The van der Waals surface area contributed by atoms with Crippen LogP contribution in [0, 0.1) is 0 Å². The van der Waals surface area contributed by atoms with Crippen molar-refractivity contribution >= 4 is 100 Å². The number of rotatable bonds is 7. The first-order valence-electron chi connectivity index (χ1n) is 21.7. The summed E-state index contributed by atoms with van der Waals surface area (Å²) in [6.45, 7) is 0. The van der Waals surface area contributed by atoms with Crippen molar-refractivity contribution in [3.8, 4) is 22.3 Å². The van der Waals surface area contributed by atoms with Gasteiger partial charge in [-0.1, -0.05) is 163 Å². The topological polar surface area (TPSA) is 19.6 Å². The molecule has 0 amide bonds. The Bertz CT molecular complexity index is 3780. The van der Waals surface area contributed by atoms with Gasteiger partial charge in [0.05, 0.1) is 11.4 Å². The molecule has 1 aromatic heterocycles. The number of fused-ring (bicyclic) bond motifs is 8. The molecule has 0 N–H and O–H groups in total.